The Labute approximate surface area is 171 Å². The number of allylic oxidation sites excluding steroid dienone is 2. The second-order valence-corrected chi connectivity index (χ2v) is 8.04. The molecule has 3 N–H and O–H groups in total. The van der Waals surface area contributed by atoms with Gasteiger partial charge in [0.1, 0.15) is 11.9 Å². The van der Waals surface area contributed by atoms with E-state index in [1.807, 2.05) is 49.4 Å². The van der Waals surface area contributed by atoms with Gasteiger partial charge in [-0.25, -0.2) is 5.43 Å². The lowest BCUT2D eigenvalue weighted by molar-refractivity contribution is -0.116. The van der Waals surface area contributed by atoms with E-state index >= 15 is 0 Å². The lowest BCUT2D eigenvalue weighted by atomic mass is 9.82. The fraction of sp³-hybridized carbons (Fsp3) is 0.333. The molecule has 0 amide bonds. The molecule has 1 aliphatic carbocycles. The quantitative estimate of drug-likeness (QED) is 0.693. The summed E-state index contributed by atoms with van der Waals surface area (Å²) in [5.41, 5.74) is 10.2. The van der Waals surface area contributed by atoms with E-state index in [1.165, 1.54) is 11.1 Å². The maximum Gasteiger partial charge on any atom is 0.168 e. The van der Waals surface area contributed by atoms with E-state index in [0.717, 1.165) is 5.56 Å². The van der Waals surface area contributed by atoms with Gasteiger partial charge in [0.2, 0.25) is 0 Å². The highest BCUT2D eigenvalue weighted by molar-refractivity contribution is 6.14. The van der Waals surface area contributed by atoms with Gasteiger partial charge in [0.25, 0.3) is 0 Å². The Morgan fingerprint density at radius 2 is 1.72 bits per heavy atom. The average molecular weight is 389 g/mol. The van der Waals surface area contributed by atoms with Gasteiger partial charge in [-0.2, -0.15) is 0 Å². The summed E-state index contributed by atoms with van der Waals surface area (Å²) in [5, 5.41) is 10.6. The summed E-state index contributed by atoms with van der Waals surface area (Å²) in [6, 6.07) is 18.6. The van der Waals surface area contributed by atoms with E-state index in [2.05, 4.69) is 34.9 Å². The van der Waals surface area contributed by atoms with E-state index in [0.29, 0.717) is 18.4 Å². The number of Topliss-reactive ketones (excluding diaryl/α,β-unsaturated/α-hetero) is 1. The molecule has 4 atom stereocenters. The molecule has 29 heavy (non-hydrogen) atoms. The Bertz CT molecular complexity index is 934. The Kier molecular flexibility index (Phi) is 5.60. The number of nitrogens with zero attached hydrogens (tertiary/aromatic N) is 1. The van der Waals surface area contributed by atoms with Gasteiger partial charge < -0.3 is 5.11 Å². The molecule has 1 heterocycles. The van der Waals surface area contributed by atoms with Crippen molar-refractivity contribution in [1.29, 1.82) is 0 Å². The number of hydrogen-bond acceptors (Lipinski definition) is 5. The van der Waals surface area contributed by atoms with Gasteiger partial charge in [-0.05, 0) is 30.9 Å². The monoisotopic (exact) mass is 389 g/mol. The van der Waals surface area contributed by atoms with Gasteiger partial charge in [0.05, 0.1) is 5.57 Å². The number of aryl methyl sites for hydroxylation is 1. The average Bonchev–Trinajstić information content (AvgIpc) is 3.09. The van der Waals surface area contributed by atoms with Gasteiger partial charge in [-0.3, -0.25) is 15.2 Å². The fourth-order valence-corrected chi connectivity index (χ4v) is 4.23. The van der Waals surface area contributed by atoms with Crippen LogP contribution in [-0.2, 0) is 4.79 Å². The van der Waals surface area contributed by atoms with Crippen LogP contribution in [0.4, 0.5) is 0 Å². The first kappa shape index (κ1) is 19.6. The minimum Gasteiger partial charge on any atom is -0.511 e. The highest BCUT2D eigenvalue weighted by Crippen LogP contribution is 2.33. The molecule has 0 saturated carbocycles. The third kappa shape index (κ3) is 4.16. The molecule has 5 heteroatoms. The van der Waals surface area contributed by atoms with Crippen LogP contribution in [0.5, 0.6) is 0 Å². The van der Waals surface area contributed by atoms with E-state index in [1.54, 1.807) is 6.21 Å². The third-order valence-electron chi connectivity index (χ3n) is 5.92. The van der Waals surface area contributed by atoms with Crippen LogP contribution in [0, 0.1) is 6.92 Å². The molecule has 4 rings (SSSR count). The number of rotatable bonds is 4. The van der Waals surface area contributed by atoms with Crippen LogP contribution in [0.2, 0.25) is 0 Å². The van der Waals surface area contributed by atoms with Crippen LogP contribution in [0.25, 0.3) is 0 Å². The standard InChI is InChI=1S/C24H27N3O2/c1-15-8-10-17(11-9-15)19-12-21(28)20(22(29)13-19)14-25-24-23(16(2)26-27-24)18-6-4-3-5-7-18/h3-11,14,16,19,23-24,26-28H,12-13H2,1-2H3/b25-14+. The molecule has 1 aliphatic heterocycles. The van der Waals surface area contributed by atoms with Crippen molar-refractivity contribution >= 4 is 12.0 Å². The van der Waals surface area contributed by atoms with Gasteiger partial charge in [-0.15, -0.1) is 0 Å². The zero-order valence-corrected chi connectivity index (χ0v) is 16.8. The molecule has 1 saturated heterocycles. The molecule has 5 nitrogen and oxygen atoms in total. The Morgan fingerprint density at radius 3 is 2.41 bits per heavy atom. The number of aliphatic hydroxyl groups excluding tert-OH is 1. The minimum atomic E-state index is -0.199. The second kappa shape index (κ2) is 8.31. The van der Waals surface area contributed by atoms with Crippen LogP contribution in [-0.4, -0.2) is 29.3 Å². The zero-order valence-electron chi connectivity index (χ0n) is 16.8. The van der Waals surface area contributed by atoms with Crippen molar-refractivity contribution in [3.63, 3.8) is 0 Å². The molecule has 0 spiro atoms. The summed E-state index contributed by atoms with van der Waals surface area (Å²) in [6.45, 7) is 4.14. The van der Waals surface area contributed by atoms with E-state index in [-0.39, 0.29) is 35.6 Å². The summed E-state index contributed by atoms with van der Waals surface area (Å²) >= 11 is 0. The largest absolute Gasteiger partial charge is 0.511 e. The summed E-state index contributed by atoms with van der Waals surface area (Å²) in [6.07, 6.45) is 2.21. The van der Waals surface area contributed by atoms with E-state index in [9.17, 15) is 9.90 Å². The Morgan fingerprint density at radius 1 is 1.00 bits per heavy atom. The lowest BCUT2D eigenvalue weighted by Gasteiger charge is -2.23. The second-order valence-electron chi connectivity index (χ2n) is 8.04. The van der Waals surface area contributed by atoms with Gasteiger partial charge in [0.15, 0.2) is 5.78 Å². The van der Waals surface area contributed by atoms with Gasteiger partial charge in [0, 0.05) is 31.0 Å². The van der Waals surface area contributed by atoms with Crippen molar-refractivity contribution < 1.29 is 9.90 Å². The maximum atomic E-state index is 12.7. The molecule has 0 aromatic heterocycles. The van der Waals surface area contributed by atoms with E-state index < -0.39 is 0 Å². The third-order valence-corrected chi connectivity index (χ3v) is 5.92. The smallest absolute Gasteiger partial charge is 0.168 e. The van der Waals surface area contributed by atoms with Gasteiger partial charge >= 0.3 is 0 Å². The maximum absolute atomic E-state index is 12.7. The lowest BCUT2D eigenvalue weighted by Crippen LogP contribution is -2.31. The highest BCUT2D eigenvalue weighted by atomic mass is 16.3. The van der Waals surface area contributed by atoms with Gasteiger partial charge in [-0.1, -0.05) is 60.2 Å². The predicted molar refractivity (Wildman–Crippen MR) is 115 cm³/mol. The number of ketones is 1. The fourth-order valence-electron chi connectivity index (χ4n) is 4.23. The zero-order chi connectivity index (χ0) is 20.4. The van der Waals surface area contributed by atoms with E-state index in [4.69, 9.17) is 0 Å². The van der Waals surface area contributed by atoms with Crippen molar-refractivity contribution in [3.8, 4) is 0 Å². The first-order valence-corrected chi connectivity index (χ1v) is 10.1. The molecule has 2 aromatic carbocycles. The summed E-state index contributed by atoms with van der Waals surface area (Å²) in [4.78, 5) is 17.4. The summed E-state index contributed by atoms with van der Waals surface area (Å²) in [5.74, 6) is 0.238. The number of carbonyl (C=O) groups is 1. The number of nitrogens with one attached hydrogen (secondary N) is 2. The first-order valence-electron chi connectivity index (χ1n) is 10.1. The summed E-state index contributed by atoms with van der Waals surface area (Å²) in [7, 11) is 0. The van der Waals surface area contributed by atoms with Crippen molar-refractivity contribution in [2.24, 2.45) is 4.99 Å². The van der Waals surface area contributed by atoms with Crippen molar-refractivity contribution in [2.75, 3.05) is 0 Å². The number of carbonyl (C=O) groups excluding carboxylic acids is 1. The Hall–Kier alpha value is -2.76. The highest BCUT2D eigenvalue weighted by Gasteiger charge is 2.34. The molecule has 4 unspecified atom stereocenters. The first-order chi connectivity index (χ1) is 14.0. The van der Waals surface area contributed by atoms with Crippen LogP contribution >= 0.6 is 0 Å². The van der Waals surface area contributed by atoms with Crippen LogP contribution in [0.15, 0.2) is 70.9 Å². The molecule has 2 aliphatic rings. The van der Waals surface area contributed by atoms with Crippen molar-refractivity contribution in [2.45, 2.75) is 50.7 Å². The minimum absolute atomic E-state index is 0.0172. The van der Waals surface area contributed by atoms with Crippen molar-refractivity contribution in [1.82, 2.24) is 10.9 Å². The topological polar surface area (TPSA) is 73.7 Å². The molecule has 0 radical (unpaired) electrons. The number of aliphatic imine (C=N–C) groups is 1. The number of aliphatic hydroxyl groups is 1. The van der Waals surface area contributed by atoms with Crippen LogP contribution in [0.1, 0.15) is 48.3 Å². The number of hydrogen-bond donors (Lipinski definition) is 3. The van der Waals surface area contributed by atoms with Crippen LogP contribution in [0.3, 0.4) is 0 Å². The predicted octanol–water partition coefficient (Wildman–Crippen LogP) is 3.93. The van der Waals surface area contributed by atoms with Crippen molar-refractivity contribution in [3.05, 3.63) is 82.6 Å². The SMILES string of the molecule is Cc1ccc(C2CC(=O)C(/C=N/C3NNC(C)C3c3ccccc3)=C(O)C2)cc1. The number of benzene rings is 2. The molecule has 150 valence electrons. The molecule has 0 bridgehead atoms. The summed E-state index contributed by atoms with van der Waals surface area (Å²) < 4.78 is 0. The van der Waals surface area contributed by atoms with Crippen LogP contribution < -0.4 is 10.9 Å². The number of hydrazine groups is 1. The molecular formula is C24H27N3O2. The molecular weight excluding hydrogens is 362 g/mol. The normalized spacial score (nSPS) is 27.7. The Balaban J connectivity index is 1.52. The molecule has 2 aromatic rings. The molecule has 1 fully saturated rings.